The molecule has 0 aromatic heterocycles. The highest BCUT2D eigenvalue weighted by molar-refractivity contribution is 6.04. The molecule has 0 radical (unpaired) electrons. The van der Waals surface area contributed by atoms with Crippen LogP contribution in [0.3, 0.4) is 0 Å². The molecule has 0 saturated carbocycles. The normalized spacial score (nSPS) is 13.6. The van der Waals surface area contributed by atoms with Crippen LogP contribution in [0, 0.1) is 11.7 Å². The van der Waals surface area contributed by atoms with Crippen molar-refractivity contribution in [3.05, 3.63) is 101 Å². The van der Waals surface area contributed by atoms with Gasteiger partial charge < -0.3 is 15.0 Å². The van der Waals surface area contributed by atoms with E-state index in [0.29, 0.717) is 48.3 Å². The number of nitrogens with zero attached hydrogens (tertiary/aromatic N) is 1. The quantitative estimate of drug-likeness (QED) is 0.394. The lowest BCUT2D eigenvalue weighted by Crippen LogP contribution is -2.40. The lowest BCUT2D eigenvalue weighted by atomic mass is 9.96. The Morgan fingerprint density at radius 1 is 0.806 bits per heavy atom. The van der Waals surface area contributed by atoms with Gasteiger partial charge in [-0.15, -0.1) is 0 Å². The number of rotatable bonds is 7. The van der Waals surface area contributed by atoms with Crippen LogP contribution in [0.5, 0.6) is 0 Å². The van der Waals surface area contributed by atoms with Gasteiger partial charge in [-0.3, -0.25) is 19.2 Å². The van der Waals surface area contributed by atoms with Crippen molar-refractivity contribution < 1.29 is 28.3 Å². The van der Waals surface area contributed by atoms with E-state index in [4.69, 9.17) is 4.74 Å². The van der Waals surface area contributed by atoms with Crippen molar-refractivity contribution in [3.63, 3.8) is 0 Å². The van der Waals surface area contributed by atoms with Crippen molar-refractivity contribution in [2.75, 3.05) is 25.0 Å². The highest BCUT2D eigenvalue weighted by Gasteiger charge is 2.29. The molecule has 1 aliphatic heterocycles. The Labute approximate surface area is 207 Å². The number of hydrogen-bond donors (Lipinski definition) is 1. The highest BCUT2D eigenvalue weighted by Crippen LogP contribution is 2.21. The van der Waals surface area contributed by atoms with Crippen molar-refractivity contribution >= 4 is 29.3 Å². The lowest BCUT2D eigenvalue weighted by Gasteiger charge is -2.31. The number of nitrogens with one attached hydrogen (secondary N) is 1. The summed E-state index contributed by atoms with van der Waals surface area (Å²) in [7, 11) is 0. The number of anilines is 1. The Hall–Kier alpha value is -4.33. The molecule has 184 valence electrons. The number of ketones is 1. The van der Waals surface area contributed by atoms with E-state index in [1.165, 1.54) is 24.3 Å². The first-order chi connectivity index (χ1) is 17.4. The van der Waals surface area contributed by atoms with Crippen LogP contribution in [0.15, 0.2) is 78.9 Å². The number of benzene rings is 3. The van der Waals surface area contributed by atoms with Gasteiger partial charge in [-0.05, 0) is 73.5 Å². The summed E-state index contributed by atoms with van der Waals surface area (Å²) in [5.41, 5.74) is 1.82. The standard InChI is InChI=1S/C28H25FN2O5/c29-23-10-6-21(7-11-23)27(34)31-16-14-22(15-17-31)28(35)36-18-25(32)19-8-12-24(13-9-19)30-26(33)20-4-2-1-3-5-20/h1-13,22H,14-18H2,(H,30,33). The van der Waals surface area contributed by atoms with Gasteiger partial charge in [0.15, 0.2) is 12.4 Å². The van der Waals surface area contributed by atoms with Gasteiger partial charge in [0.2, 0.25) is 0 Å². The predicted octanol–water partition coefficient (Wildman–Crippen LogP) is 4.36. The lowest BCUT2D eigenvalue weighted by molar-refractivity contribution is -0.148. The van der Waals surface area contributed by atoms with E-state index in [0.717, 1.165) is 0 Å². The summed E-state index contributed by atoms with van der Waals surface area (Å²) >= 11 is 0. The van der Waals surface area contributed by atoms with Crippen LogP contribution in [0.1, 0.15) is 43.9 Å². The maximum absolute atomic E-state index is 13.1. The first-order valence-electron chi connectivity index (χ1n) is 11.6. The van der Waals surface area contributed by atoms with E-state index >= 15 is 0 Å². The zero-order valence-corrected chi connectivity index (χ0v) is 19.5. The SMILES string of the molecule is O=C(COC(=O)C1CCN(C(=O)c2ccc(F)cc2)CC1)c1ccc(NC(=O)c2ccccc2)cc1. The van der Waals surface area contributed by atoms with E-state index in [9.17, 15) is 23.6 Å². The number of carbonyl (C=O) groups is 4. The molecular weight excluding hydrogens is 463 g/mol. The second kappa shape index (κ2) is 11.4. The smallest absolute Gasteiger partial charge is 0.309 e. The minimum absolute atomic E-state index is 0.208. The molecule has 1 N–H and O–H groups in total. The number of amides is 2. The minimum Gasteiger partial charge on any atom is -0.457 e. The van der Waals surface area contributed by atoms with Gasteiger partial charge in [-0.25, -0.2) is 4.39 Å². The van der Waals surface area contributed by atoms with Crippen LogP contribution in [0.4, 0.5) is 10.1 Å². The summed E-state index contributed by atoms with van der Waals surface area (Å²) in [5, 5.41) is 2.76. The van der Waals surface area contributed by atoms with Crippen LogP contribution in [-0.2, 0) is 9.53 Å². The van der Waals surface area contributed by atoms with Gasteiger partial charge in [-0.2, -0.15) is 0 Å². The summed E-state index contributed by atoms with van der Waals surface area (Å²) in [6, 6.07) is 20.5. The summed E-state index contributed by atoms with van der Waals surface area (Å²) in [4.78, 5) is 51.3. The molecule has 8 heteroatoms. The van der Waals surface area contributed by atoms with Crippen LogP contribution in [0.25, 0.3) is 0 Å². The van der Waals surface area contributed by atoms with Crippen LogP contribution in [0.2, 0.25) is 0 Å². The van der Waals surface area contributed by atoms with Gasteiger partial charge >= 0.3 is 5.97 Å². The van der Waals surface area contributed by atoms with Gasteiger partial charge in [0, 0.05) is 35.5 Å². The van der Waals surface area contributed by atoms with Crippen LogP contribution in [-0.4, -0.2) is 48.2 Å². The van der Waals surface area contributed by atoms with Crippen molar-refractivity contribution in [3.8, 4) is 0 Å². The second-order valence-electron chi connectivity index (χ2n) is 8.50. The number of Topliss-reactive ketones (excluding diaryl/α,β-unsaturated/α-hetero) is 1. The molecule has 4 rings (SSSR count). The largest absolute Gasteiger partial charge is 0.457 e. The molecule has 1 fully saturated rings. The Morgan fingerprint density at radius 3 is 2.06 bits per heavy atom. The second-order valence-corrected chi connectivity index (χ2v) is 8.50. The van der Waals surface area contributed by atoms with Crippen LogP contribution < -0.4 is 5.32 Å². The summed E-state index contributed by atoms with van der Waals surface area (Å²) < 4.78 is 18.3. The number of ether oxygens (including phenoxy) is 1. The molecule has 1 aliphatic rings. The first-order valence-corrected chi connectivity index (χ1v) is 11.6. The summed E-state index contributed by atoms with van der Waals surface area (Å²) in [6.45, 7) is 0.365. The molecule has 0 aliphatic carbocycles. The Bertz CT molecular complexity index is 1240. The topological polar surface area (TPSA) is 92.8 Å². The van der Waals surface area contributed by atoms with E-state index in [1.54, 1.807) is 53.4 Å². The van der Waals surface area contributed by atoms with E-state index in [2.05, 4.69) is 5.32 Å². The maximum Gasteiger partial charge on any atom is 0.309 e. The number of halogens is 1. The van der Waals surface area contributed by atoms with E-state index in [1.807, 2.05) is 6.07 Å². The van der Waals surface area contributed by atoms with Gasteiger partial charge in [0.1, 0.15) is 5.82 Å². The maximum atomic E-state index is 13.1. The summed E-state index contributed by atoms with van der Waals surface area (Å²) in [6.07, 6.45) is 0.853. The first kappa shape index (κ1) is 24.8. The molecular formula is C28H25FN2O5. The number of carbonyl (C=O) groups excluding carboxylic acids is 4. The molecule has 0 unspecified atom stereocenters. The highest BCUT2D eigenvalue weighted by atomic mass is 19.1. The fourth-order valence-corrected chi connectivity index (χ4v) is 3.96. The fraction of sp³-hybridized carbons (Fsp3) is 0.214. The van der Waals surface area contributed by atoms with Crippen molar-refractivity contribution in [1.29, 1.82) is 0 Å². The minimum atomic E-state index is -0.469. The Morgan fingerprint density at radius 2 is 1.42 bits per heavy atom. The molecule has 7 nitrogen and oxygen atoms in total. The number of likely N-dealkylation sites (tertiary alicyclic amines) is 1. The average Bonchev–Trinajstić information content (AvgIpc) is 2.92. The third-order valence-electron chi connectivity index (χ3n) is 6.05. The predicted molar refractivity (Wildman–Crippen MR) is 131 cm³/mol. The molecule has 0 bridgehead atoms. The van der Waals surface area contributed by atoms with E-state index in [-0.39, 0.29) is 24.2 Å². The number of hydrogen-bond acceptors (Lipinski definition) is 5. The van der Waals surface area contributed by atoms with E-state index < -0.39 is 17.7 Å². The summed E-state index contributed by atoms with van der Waals surface area (Å²) in [5.74, 6) is -2.09. The number of esters is 1. The molecule has 36 heavy (non-hydrogen) atoms. The van der Waals surface area contributed by atoms with Gasteiger partial charge in [0.25, 0.3) is 11.8 Å². The van der Waals surface area contributed by atoms with Crippen molar-refractivity contribution in [2.24, 2.45) is 5.92 Å². The molecule has 0 atom stereocenters. The molecule has 3 aromatic carbocycles. The zero-order chi connectivity index (χ0) is 25.5. The zero-order valence-electron chi connectivity index (χ0n) is 19.5. The van der Waals surface area contributed by atoms with Crippen LogP contribution >= 0.6 is 0 Å². The molecule has 0 spiro atoms. The number of piperidine rings is 1. The third kappa shape index (κ3) is 6.21. The molecule has 1 saturated heterocycles. The Kier molecular flexibility index (Phi) is 7.85. The Balaban J connectivity index is 1.22. The van der Waals surface area contributed by atoms with Crippen molar-refractivity contribution in [2.45, 2.75) is 12.8 Å². The van der Waals surface area contributed by atoms with Gasteiger partial charge in [-0.1, -0.05) is 18.2 Å². The third-order valence-corrected chi connectivity index (χ3v) is 6.05. The molecule has 1 heterocycles. The van der Waals surface area contributed by atoms with Crippen molar-refractivity contribution in [1.82, 2.24) is 4.90 Å². The molecule has 2 amide bonds. The average molecular weight is 489 g/mol. The monoisotopic (exact) mass is 488 g/mol. The molecule has 3 aromatic rings. The fourth-order valence-electron chi connectivity index (χ4n) is 3.96. The van der Waals surface area contributed by atoms with Gasteiger partial charge in [0.05, 0.1) is 5.92 Å².